The van der Waals surface area contributed by atoms with Crippen molar-refractivity contribution in [2.24, 2.45) is 7.05 Å². The predicted octanol–water partition coefficient (Wildman–Crippen LogP) is 7.64. The Morgan fingerprint density at radius 3 is 2.51 bits per heavy atom. The van der Waals surface area contributed by atoms with Crippen molar-refractivity contribution in [3.05, 3.63) is 64.7 Å². The number of thiazole rings is 1. The molecule has 0 aliphatic carbocycles. The zero-order valence-electron chi connectivity index (χ0n) is 25.1. The van der Waals surface area contributed by atoms with E-state index in [0.717, 1.165) is 73.7 Å². The van der Waals surface area contributed by atoms with E-state index in [1.54, 1.807) is 18.4 Å². The summed E-state index contributed by atoms with van der Waals surface area (Å²) in [5, 5.41) is 17.7. The molecule has 3 heterocycles. The Morgan fingerprint density at radius 1 is 1.14 bits per heavy atom. The third kappa shape index (κ3) is 5.62. The number of ether oxygens (including phenoxy) is 2. The molecule has 2 aromatic heterocycles. The van der Waals surface area contributed by atoms with Crippen molar-refractivity contribution in [2.45, 2.75) is 51.9 Å². The molecule has 0 radical (unpaired) electrons. The number of nitrogens with zero attached hydrogens (tertiary/aromatic N) is 4. The Morgan fingerprint density at radius 2 is 1.86 bits per heavy atom. The lowest BCUT2D eigenvalue weighted by Crippen LogP contribution is -2.28. The van der Waals surface area contributed by atoms with Crippen LogP contribution in [0.3, 0.4) is 0 Å². The number of fused-ring (bicyclic) bond motifs is 2. The molecule has 0 bridgehead atoms. The summed E-state index contributed by atoms with van der Waals surface area (Å²) in [7, 11) is 3.73. The molecule has 1 N–H and O–H groups in total. The molecule has 3 aromatic carbocycles. The van der Waals surface area contributed by atoms with Crippen molar-refractivity contribution in [2.75, 3.05) is 25.1 Å². The van der Waals surface area contributed by atoms with Crippen LogP contribution >= 0.6 is 22.9 Å². The van der Waals surface area contributed by atoms with Gasteiger partial charge < -0.3 is 19.5 Å². The number of carboxylic acids is 1. The van der Waals surface area contributed by atoms with Crippen LogP contribution in [0.15, 0.2) is 48.5 Å². The number of aromatic nitrogens is 3. The summed E-state index contributed by atoms with van der Waals surface area (Å²) in [4.78, 5) is 20.0. The van der Waals surface area contributed by atoms with Crippen molar-refractivity contribution < 1.29 is 19.4 Å². The number of methoxy groups -OCH3 is 1. The Kier molecular flexibility index (Phi) is 7.71. The van der Waals surface area contributed by atoms with Crippen LogP contribution in [-0.2, 0) is 21.3 Å². The van der Waals surface area contributed by atoms with E-state index in [2.05, 4.69) is 23.1 Å². The summed E-state index contributed by atoms with van der Waals surface area (Å²) in [5.41, 5.74) is 5.25. The fourth-order valence-corrected chi connectivity index (χ4v) is 7.14. The second-order valence-corrected chi connectivity index (χ2v) is 13.5. The van der Waals surface area contributed by atoms with Crippen LogP contribution in [0.4, 0.5) is 5.82 Å². The third-order valence-corrected chi connectivity index (χ3v) is 9.26. The molecule has 224 valence electrons. The van der Waals surface area contributed by atoms with Crippen molar-refractivity contribution >= 4 is 55.8 Å². The molecular weight excluding hydrogens is 584 g/mol. The minimum Gasteiger partial charge on any atom is -0.479 e. The van der Waals surface area contributed by atoms with Gasteiger partial charge in [-0.05, 0) is 81.6 Å². The van der Waals surface area contributed by atoms with E-state index in [4.69, 9.17) is 31.2 Å². The number of carbonyl (C=O) groups is 1. The maximum Gasteiger partial charge on any atom is 0.337 e. The first-order chi connectivity index (χ1) is 20.4. The summed E-state index contributed by atoms with van der Waals surface area (Å²) in [5.74, 6) is -0.0897. The quantitative estimate of drug-likeness (QED) is 0.200. The van der Waals surface area contributed by atoms with Gasteiger partial charge in [0, 0.05) is 54.3 Å². The first-order valence-corrected chi connectivity index (χ1v) is 15.5. The van der Waals surface area contributed by atoms with Crippen molar-refractivity contribution in [3.63, 3.8) is 0 Å². The van der Waals surface area contributed by atoms with Crippen LogP contribution in [0.5, 0.6) is 0 Å². The van der Waals surface area contributed by atoms with Gasteiger partial charge in [-0.25, -0.2) is 9.78 Å². The number of carboxylic acid groups (broad SMARTS) is 1. The zero-order chi connectivity index (χ0) is 30.6. The lowest BCUT2D eigenvalue weighted by molar-refractivity contribution is -0.160. The fourth-order valence-electron chi connectivity index (χ4n) is 5.89. The number of hydrogen-bond acceptors (Lipinski definition) is 7. The summed E-state index contributed by atoms with van der Waals surface area (Å²) >= 11 is 7.80. The minimum absolute atomic E-state index is 0.199. The average Bonchev–Trinajstić information content (AvgIpc) is 3.68. The van der Waals surface area contributed by atoms with E-state index in [1.807, 2.05) is 69.8 Å². The molecule has 2 atom stereocenters. The highest BCUT2D eigenvalue weighted by Gasteiger charge is 2.32. The normalized spacial score (nSPS) is 16.4. The summed E-state index contributed by atoms with van der Waals surface area (Å²) in [6.07, 6.45) is 0.00816. The third-order valence-electron chi connectivity index (χ3n) is 7.87. The first kappa shape index (κ1) is 29.6. The molecule has 0 spiro atoms. The maximum atomic E-state index is 12.7. The SMILES string of the molecule is CO[C@@H]1CCN(c2nn(C)c3ccc(-c4nc5cc(C)c(C(OC(C)(C)C)C(=O)O)c(-c6ccc(Cl)cc6)c5s4)cc23)C1. The lowest BCUT2D eigenvalue weighted by Gasteiger charge is -2.28. The summed E-state index contributed by atoms with van der Waals surface area (Å²) in [6, 6.07) is 15.8. The van der Waals surface area contributed by atoms with E-state index in [-0.39, 0.29) is 6.10 Å². The second kappa shape index (κ2) is 11.2. The number of halogens is 1. The molecule has 1 saturated heterocycles. The average molecular weight is 619 g/mol. The molecule has 1 fully saturated rings. The molecule has 8 nitrogen and oxygen atoms in total. The van der Waals surface area contributed by atoms with Crippen LogP contribution in [-0.4, -0.2) is 57.7 Å². The van der Waals surface area contributed by atoms with Gasteiger partial charge in [0.2, 0.25) is 0 Å². The molecular formula is C33H35ClN4O4S. The molecule has 0 amide bonds. The molecule has 0 saturated carbocycles. The Balaban J connectivity index is 1.54. The van der Waals surface area contributed by atoms with Crippen LogP contribution in [0.25, 0.3) is 42.8 Å². The summed E-state index contributed by atoms with van der Waals surface area (Å²) in [6.45, 7) is 9.22. The van der Waals surface area contributed by atoms with Crippen LogP contribution < -0.4 is 4.90 Å². The smallest absolute Gasteiger partial charge is 0.337 e. The van der Waals surface area contributed by atoms with Gasteiger partial charge in [-0.1, -0.05) is 23.7 Å². The largest absolute Gasteiger partial charge is 0.479 e. The van der Waals surface area contributed by atoms with E-state index in [9.17, 15) is 9.90 Å². The second-order valence-electron chi connectivity index (χ2n) is 12.1. The molecule has 6 rings (SSSR count). The molecule has 1 aliphatic heterocycles. The van der Waals surface area contributed by atoms with Gasteiger partial charge in [0.05, 0.1) is 27.4 Å². The van der Waals surface area contributed by atoms with Crippen molar-refractivity contribution in [1.29, 1.82) is 0 Å². The van der Waals surface area contributed by atoms with Gasteiger partial charge in [0.1, 0.15) is 5.01 Å². The lowest BCUT2D eigenvalue weighted by atomic mass is 9.91. The van der Waals surface area contributed by atoms with E-state index >= 15 is 0 Å². The Hall–Kier alpha value is -3.50. The van der Waals surface area contributed by atoms with Crippen LogP contribution in [0.1, 0.15) is 44.4 Å². The number of anilines is 1. The molecule has 1 unspecified atom stereocenters. The zero-order valence-corrected chi connectivity index (χ0v) is 26.7. The number of aryl methyl sites for hydroxylation is 2. The van der Waals surface area contributed by atoms with Crippen molar-refractivity contribution in [1.82, 2.24) is 14.8 Å². The van der Waals surface area contributed by atoms with Crippen LogP contribution in [0, 0.1) is 6.92 Å². The number of benzene rings is 3. The van der Waals surface area contributed by atoms with Gasteiger partial charge in [0.15, 0.2) is 11.9 Å². The Bertz CT molecular complexity index is 1840. The van der Waals surface area contributed by atoms with E-state index in [0.29, 0.717) is 10.6 Å². The Labute approximate surface area is 259 Å². The summed E-state index contributed by atoms with van der Waals surface area (Å²) < 4.78 is 14.6. The predicted molar refractivity (Wildman–Crippen MR) is 173 cm³/mol. The highest BCUT2D eigenvalue weighted by molar-refractivity contribution is 7.22. The van der Waals surface area contributed by atoms with Gasteiger partial charge >= 0.3 is 5.97 Å². The van der Waals surface area contributed by atoms with E-state index in [1.165, 1.54) is 0 Å². The van der Waals surface area contributed by atoms with E-state index < -0.39 is 17.7 Å². The molecule has 10 heteroatoms. The van der Waals surface area contributed by atoms with Gasteiger partial charge in [-0.2, -0.15) is 5.10 Å². The van der Waals surface area contributed by atoms with Gasteiger partial charge in [0.25, 0.3) is 0 Å². The number of aliphatic carboxylic acids is 1. The minimum atomic E-state index is -1.16. The van der Waals surface area contributed by atoms with Crippen molar-refractivity contribution in [3.8, 4) is 21.7 Å². The molecule has 1 aliphatic rings. The highest BCUT2D eigenvalue weighted by Crippen LogP contribution is 2.45. The first-order valence-electron chi connectivity index (χ1n) is 14.3. The molecule has 43 heavy (non-hydrogen) atoms. The number of rotatable bonds is 7. The molecule has 5 aromatic rings. The van der Waals surface area contributed by atoms with Crippen LogP contribution in [0.2, 0.25) is 5.02 Å². The van der Waals surface area contributed by atoms with Gasteiger partial charge in [-0.15, -0.1) is 11.3 Å². The maximum absolute atomic E-state index is 12.7. The standard InChI is InChI=1S/C33H35ClN4O4S/c1-18-15-24-29(27(19-7-10-21(34)11-8-19)26(18)28(32(39)40)42-33(2,3)4)43-31(35-24)20-9-12-25-23(16-20)30(36-37(25)5)38-14-13-22(17-38)41-6/h7-12,15-16,22,28H,13-14,17H2,1-6H3,(H,39,40)/t22-,28?/m1/s1. The number of hydrogen-bond donors (Lipinski definition) is 1. The fraction of sp³-hybridized carbons (Fsp3) is 0.364. The monoisotopic (exact) mass is 618 g/mol. The topological polar surface area (TPSA) is 89.7 Å². The van der Waals surface area contributed by atoms with Gasteiger partial charge in [-0.3, -0.25) is 4.68 Å². The highest BCUT2D eigenvalue weighted by atomic mass is 35.5.